The third kappa shape index (κ3) is 2.07. The average Bonchev–Trinajstić information content (AvgIpc) is 2.26. The lowest BCUT2D eigenvalue weighted by molar-refractivity contribution is 0.320. The molecule has 1 heterocycles. The Balaban J connectivity index is 2.38. The Morgan fingerprint density at radius 2 is 2.07 bits per heavy atom. The van der Waals surface area contributed by atoms with E-state index in [1.807, 2.05) is 24.3 Å². The van der Waals surface area contributed by atoms with Crippen molar-refractivity contribution in [3.63, 3.8) is 0 Å². The van der Waals surface area contributed by atoms with Gasteiger partial charge in [-0.2, -0.15) is 5.10 Å². The van der Waals surface area contributed by atoms with Crippen LogP contribution in [0.2, 0.25) is 0 Å². The largest absolute Gasteiger partial charge is 0.492 e. The fourth-order valence-corrected chi connectivity index (χ4v) is 1.45. The number of fused-ring (bicyclic) bond motifs is 1. The molecular weight excluding hydrogens is 192 g/mol. The Hall–Kier alpha value is -2.04. The number of hydrogen-bond donors (Lipinski definition) is 2. The SMILES string of the molecule is NC(N)=N/N=C1\CCOc2ccccc21. The highest BCUT2D eigenvalue weighted by Crippen LogP contribution is 2.24. The summed E-state index contributed by atoms with van der Waals surface area (Å²) in [6.45, 7) is 0.607. The molecule has 15 heavy (non-hydrogen) atoms. The molecular formula is C10H12N4O. The highest BCUT2D eigenvalue weighted by molar-refractivity contribution is 6.03. The van der Waals surface area contributed by atoms with Crippen LogP contribution < -0.4 is 16.2 Å². The van der Waals surface area contributed by atoms with Crippen LogP contribution in [-0.2, 0) is 0 Å². The van der Waals surface area contributed by atoms with Crippen molar-refractivity contribution in [1.82, 2.24) is 0 Å². The maximum Gasteiger partial charge on any atom is 0.211 e. The van der Waals surface area contributed by atoms with E-state index in [0.717, 1.165) is 17.0 Å². The first-order valence-corrected chi connectivity index (χ1v) is 4.65. The Labute approximate surface area is 87.4 Å². The Kier molecular flexibility index (Phi) is 2.53. The third-order valence-electron chi connectivity index (χ3n) is 2.08. The molecule has 2 rings (SSSR count). The topological polar surface area (TPSA) is 86.0 Å². The van der Waals surface area contributed by atoms with Gasteiger partial charge in [0.25, 0.3) is 0 Å². The number of para-hydroxylation sites is 1. The molecule has 1 aliphatic rings. The molecule has 0 fully saturated rings. The van der Waals surface area contributed by atoms with Crippen molar-refractivity contribution in [3.8, 4) is 5.75 Å². The molecule has 0 atom stereocenters. The van der Waals surface area contributed by atoms with E-state index < -0.39 is 0 Å². The van der Waals surface area contributed by atoms with Crippen molar-refractivity contribution in [2.45, 2.75) is 6.42 Å². The van der Waals surface area contributed by atoms with E-state index >= 15 is 0 Å². The standard InChI is InChI=1S/C10H12N4O/c11-10(12)14-13-8-5-6-15-9-4-2-1-3-7(8)9/h1-4H,5-6H2,(H4,11,12,14)/b13-8+. The minimum absolute atomic E-state index is 0.0357. The molecule has 0 aliphatic carbocycles. The van der Waals surface area contributed by atoms with Crippen molar-refractivity contribution >= 4 is 11.7 Å². The van der Waals surface area contributed by atoms with Crippen LogP contribution in [0.25, 0.3) is 0 Å². The summed E-state index contributed by atoms with van der Waals surface area (Å²) in [5.41, 5.74) is 12.2. The van der Waals surface area contributed by atoms with E-state index in [1.165, 1.54) is 0 Å². The second-order valence-electron chi connectivity index (χ2n) is 3.17. The number of hydrogen-bond acceptors (Lipinski definition) is 3. The van der Waals surface area contributed by atoms with Gasteiger partial charge in [0.2, 0.25) is 5.96 Å². The first-order chi connectivity index (χ1) is 7.27. The maximum atomic E-state index is 5.47. The zero-order valence-corrected chi connectivity index (χ0v) is 8.18. The average molecular weight is 204 g/mol. The van der Waals surface area contributed by atoms with Gasteiger partial charge in [-0.1, -0.05) is 12.1 Å². The molecule has 0 saturated carbocycles. The zero-order chi connectivity index (χ0) is 10.7. The predicted molar refractivity (Wildman–Crippen MR) is 58.9 cm³/mol. The summed E-state index contributed by atoms with van der Waals surface area (Å²) in [6, 6.07) is 7.69. The monoisotopic (exact) mass is 204 g/mol. The van der Waals surface area contributed by atoms with E-state index in [0.29, 0.717) is 13.0 Å². The summed E-state index contributed by atoms with van der Waals surface area (Å²) in [7, 11) is 0. The molecule has 1 aromatic carbocycles. The van der Waals surface area contributed by atoms with Crippen LogP contribution in [0.4, 0.5) is 0 Å². The molecule has 0 bridgehead atoms. The van der Waals surface area contributed by atoms with Crippen molar-refractivity contribution in [2.24, 2.45) is 21.7 Å². The van der Waals surface area contributed by atoms with Gasteiger partial charge in [0, 0.05) is 12.0 Å². The van der Waals surface area contributed by atoms with Crippen LogP contribution >= 0.6 is 0 Å². The quantitative estimate of drug-likeness (QED) is 0.395. The summed E-state index contributed by atoms with van der Waals surface area (Å²) in [5, 5.41) is 7.65. The molecule has 0 spiro atoms. The van der Waals surface area contributed by atoms with Gasteiger partial charge >= 0.3 is 0 Å². The zero-order valence-electron chi connectivity index (χ0n) is 8.18. The number of nitrogens with zero attached hydrogens (tertiary/aromatic N) is 2. The van der Waals surface area contributed by atoms with E-state index in [9.17, 15) is 0 Å². The molecule has 0 radical (unpaired) electrons. The number of nitrogens with two attached hydrogens (primary N) is 2. The van der Waals surface area contributed by atoms with Crippen molar-refractivity contribution in [1.29, 1.82) is 0 Å². The highest BCUT2D eigenvalue weighted by Gasteiger charge is 2.15. The van der Waals surface area contributed by atoms with E-state index in [1.54, 1.807) is 0 Å². The molecule has 78 valence electrons. The van der Waals surface area contributed by atoms with E-state index in [-0.39, 0.29) is 5.96 Å². The third-order valence-corrected chi connectivity index (χ3v) is 2.08. The Bertz CT molecular complexity index is 421. The molecule has 0 amide bonds. The van der Waals surface area contributed by atoms with Crippen LogP contribution in [-0.4, -0.2) is 18.3 Å². The van der Waals surface area contributed by atoms with E-state index in [4.69, 9.17) is 16.2 Å². The van der Waals surface area contributed by atoms with Crippen LogP contribution in [0.5, 0.6) is 5.75 Å². The van der Waals surface area contributed by atoms with Crippen molar-refractivity contribution in [2.75, 3.05) is 6.61 Å². The molecule has 4 N–H and O–H groups in total. The highest BCUT2D eigenvalue weighted by atomic mass is 16.5. The maximum absolute atomic E-state index is 5.47. The number of rotatable bonds is 1. The van der Waals surface area contributed by atoms with E-state index in [2.05, 4.69) is 10.2 Å². The molecule has 0 saturated heterocycles. The number of benzene rings is 1. The van der Waals surface area contributed by atoms with Gasteiger partial charge in [-0.15, -0.1) is 5.10 Å². The smallest absolute Gasteiger partial charge is 0.211 e. The minimum atomic E-state index is -0.0357. The second-order valence-corrected chi connectivity index (χ2v) is 3.17. The normalized spacial score (nSPS) is 16.7. The molecule has 1 aromatic rings. The van der Waals surface area contributed by atoms with Gasteiger partial charge in [-0.3, -0.25) is 0 Å². The molecule has 1 aliphatic heterocycles. The van der Waals surface area contributed by atoms with Crippen LogP contribution in [0.3, 0.4) is 0 Å². The lowest BCUT2D eigenvalue weighted by atomic mass is 10.0. The first-order valence-electron chi connectivity index (χ1n) is 4.65. The Morgan fingerprint density at radius 1 is 1.27 bits per heavy atom. The summed E-state index contributed by atoms with van der Waals surface area (Å²) < 4.78 is 5.47. The van der Waals surface area contributed by atoms with Crippen molar-refractivity contribution < 1.29 is 4.74 Å². The summed E-state index contributed by atoms with van der Waals surface area (Å²) in [5.74, 6) is 0.791. The van der Waals surface area contributed by atoms with Crippen LogP contribution in [0, 0.1) is 0 Å². The molecule has 0 unspecified atom stereocenters. The van der Waals surface area contributed by atoms with Crippen molar-refractivity contribution in [3.05, 3.63) is 29.8 Å². The fraction of sp³-hybridized carbons (Fsp3) is 0.200. The first kappa shape index (κ1) is 9.51. The van der Waals surface area contributed by atoms with Gasteiger partial charge in [-0.25, -0.2) is 0 Å². The van der Waals surface area contributed by atoms with Crippen LogP contribution in [0.1, 0.15) is 12.0 Å². The number of ether oxygens (including phenoxy) is 1. The molecule has 0 aromatic heterocycles. The Morgan fingerprint density at radius 3 is 2.87 bits per heavy atom. The summed E-state index contributed by atoms with van der Waals surface area (Å²) in [6.07, 6.45) is 0.716. The minimum Gasteiger partial charge on any atom is -0.492 e. The number of guanidine groups is 1. The van der Waals surface area contributed by atoms with Gasteiger partial charge in [0.1, 0.15) is 5.75 Å². The predicted octanol–water partition coefficient (Wildman–Crippen LogP) is 0.447. The van der Waals surface area contributed by atoms with Gasteiger partial charge in [-0.05, 0) is 12.1 Å². The van der Waals surface area contributed by atoms with Crippen LogP contribution in [0.15, 0.2) is 34.5 Å². The fourth-order valence-electron chi connectivity index (χ4n) is 1.45. The van der Waals surface area contributed by atoms with Gasteiger partial charge in [0.15, 0.2) is 0 Å². The van der Waals surface area contributed by atoms with Gasteiger partial charge < -0.3 is 16.2 Å². The second kappa shape index (κ2) is 4.00. The lowest BCUT2D eigenvalue weighted by Gasteiger charge is -2.17. The summed E-state index contributed by atoms with van der Waals surface area (Å²) >= 11 is 0. The lowest BCUT2D eigenvalue weighted by Crippen LogP contribution is -2.22. The van der Waals surface area contributed by atoms with Gasteiger partial charge in [0.05, 0.1) is 12.3 Å². The summed E-state index contributed by atoms with van der Waals surface area (Å²) in [4.78, 5) is 0. The molecule has 5 heteroatoms. The molecule has 5 nitrogen and oxygen atoms in total.